The number of carbonyl (C=O) groups excluding carboxylic acids is 1. The van der Waals surface area contributed by atoms with E-state index >= 15 is 0 Å². The molecule has 1 aromatic rings. The molecule has 1 aliphatic heterocycles. The summed E-state index contributed by atoms with van der Waals surface area (Å²) in [5, 5.41) is 4.38. The van der Waals surface area contributed by atoms with E-state index in [9.17, 15) is 4.79 Å². The number of hydrogen-bond donors (Lipinski definition) is 0. The van der Waals surface area contributed by atoms with Gasteiger partial charge in [-0.25, -0.2) is 0 Å². The smallest absolute Gasteiger partial charge is 0.274 e. The van der Waals surface area contributed by atoms with Gasteiger partial charge in [0.1, 0.15) is 5.69 Å². The molecule has 0 unspecified atom stereocenters. The van der Waals surface area contributed by atoms with Gasteiger partial charge in [-0.05, 0) is 45.6 Å². The fraction of sp³-hybridized carbons (Fsp3) is 0.765. The van der Waals surface area contributed by atoms with E-state index in [4.69, 9.17) is 4.74 Å². The molecule has 122 valence electrons. The minimum absolute atomic E-state index is 0.0544. The summed E-state index contributed by atoms with van der Waals surface area (Å²) in [5.41, 5.74) is 0.559. The maximum atomic E-state index is 12.5. The van der Waals surface area contributed by atoms with Crippen LogP contribution in [0.2, 0.25) is 0 Å². The molecule has 0 atom stereocenters. The summed E-state index contributed by atoms with van der Waals surface area (Å²) in [5.74, 6) is 0.0544. The SMILES string of the molecule is CC(C)n1ccc(C(=O)N2CCC(OC3CCCC3)CC2)n1. The zero-order chi connectivity index (χ0) is 15.5. The number of hydrogen-bond acceptors (Lipinski definition) is 3. The third-order valence-corrected chi connectivity index (χ3v) is 4.77. The number of carbonyl (C=O) groups is 1. The zero-order valence-electron chi connectivity index (χ0n) is 13.7. The minimum atomic E-state index is 0.0544. The van der Waals surface area contributed by atoms with E-state index in [1.807, 2.05) is 21.8 Å². The molecule has 1 aromatic heterocycles. The Hall–Kier alpha value is -1.36. The van der Waals surface area contributed by atoms with Crippen molar-refractivity contribution < 1.29 is 9.53 Å². The standard InChI is InChI=1S/C17H27N3O2/c1-13(2)20-12-9-16(18-20)17(21)19-10-7-15(8-11-19)22-14-5-3-4-6-14/h9,12-15H,3-8,10-11H2,1-2H3. The Labute approximate surface area is 132 Å². The highest BCUT2D eigenvalue weighted by atomic mass is 16.5. The maximum Gasteiger partial charge on any atom is 0.274 e. The van der Waals surface area contributed by atoms with Crippen LogP contribution in [0.4, 0.5) is 0 Å². The lowest BCUT2D eigenvalue weighted by atomic mass is 10.1. The molecule has 0 spiro atoms. The van der Waals surface area contributed by atoms with Crippen molar-refractivity contribution >= 4 is 5.91 Å². The molecular weight excluding hydrogens is 278 g/mol. The number of rotatable bonds is 4. The van der Waals surface area contributed by atoms with Gasteiger partial charge in [0.2, 0.25) is 0 Å². The lowest BCUT2D eigenvalue weighted by Crippen LogP contribution is -2.41. The van der Waals surface area contributed by atoms with Crippen LogP contribution in [-0.4, -0.2) is 45.9 Å². The first-order valence-electron chi connectivity index (χ1n) is 8.63. The summed E-state index contributed by atoms with van der Waals surface area (Å²) in [7, 11) is 0. The third kappa shape index (κ3) is 3.51. The maximum absolute atomic E-state index is 12.5. The first kappa shape index (κ1) is 15.5. The van der Waals surface area contributed by atoms with E-state index in [-0.39, 0.29) is 11.9 Å². The summed E-state index contributed by atoms with van der Waals surface area (Å²) in [6, 6.07) is 2.11. The van der Waals surface area contributed by atoms with Gasteiger partial charge in [0.25, 0.3) is 5.91 Å². The molecule has 0 aromatic carbocycles. The molecule has 2 aliphatic rings. The lowest BCUT2D eigenvalue weighted by molar-refractivity contribution is -0.0358. The van der Waals surface area contributed by atoms with Gasteiger partial charge in [-0.3, -0.25) is 9.48 Å². The quantitative estimate of drug-likeness (QED) is 0.859. The average molecular weight is 305 g/mol. The molecule has 1 saturated carbocycles. The van der Waals surface area contributed by atoms with Crippen molar-refractivity contribution in [3.05, 3.63) is 18.0 Å². The second-order valence-electron chi connectivity index (χ2n) is 6.81. The van der Waals surface area contributed by atoms with Gasteiger partial charge in [0, 0.05) is 25.3 Å². The third-order valence-electron chi connectivity index (χ3n) is 4.77. The van der Waals surface area contributed by atoms with Crippen molar-refractivity contribution in [1.29, 1.82) is 0 Å². The van der Waals surface area contributed by atoms with Crippen LogP contribution in [0.25, 0.3) is 0 Å². The van der Waals surface area contributed by atoms with Gasteiger partial charge in [-0.1, -0.05) is 12.8 Å². The highest BCUT2D eigenvalue weighted by Gasteiger charge is 2.28. The van der Waals surface area contributed by atoms with Gasteiger partial charge >= 0.3 is 0 Å². The fourth-order valence-electron chi connectivity index (χ4n) is 3.39. The normalized spacial score (nSPS) is 21.0. The van der Waals surface area contributed by atoms with Crippen molar-refractivity contribution in [2.45, 2.75) is 70.6 Å². The second-order valence-corrected chi connectivity index (χ2v) is 6.81. The van der Waals surface area contributed by atoms with Gasteiger partial charge in [-0.2, -0.15) is 5.10 Å². The highest BCUT2D eigenvalue weighted by Crippen LogP contribution is 2.25. The number of nitrogens with zero attached hydrogens (tertiary/aromatic N) is 3. The van der Waals surface area contributed by atoms with Crippen molar-refractivity contribution in [2.24, 2.45) is 0 Å². The molecule has 1 aliphatic carbocycles. The van der Waals surface area contributed by atoms with E-state index in [2.05, 4.69) is 18.9 Å². The topological polar surface area (TPSA) is 47.4 Å². The Morgan fingerprint density at radius 3 is 2.41 bits per heavy atom. The number of amides is 1. The summed E-state index contributed by atoms with van der Waals surface area (Å²) >= 11 is 0. The highest BCUT2D eigenvalue weighted by molar-refractivity contribution is 5.92. The monoisotopic (exact) mass is 305 g/mol. The Balaban J connectivity index is 1.50. The number of aromatic nitrogens is 2. The van der Waals surface area contributed by atoms with Gasteiger partial charge < -0.3 is 9.64 Å². The van der Waals surface area contributed by atoms with E-state index in [1.165, 1.54) is 25.7 Å². The van der Waals surface area contributed by atoms with Crippen LogP contribution in [0.3, 0.4) is 0 Å². The molecule has 22 heavy (non-hydrogen) atoms. The summed E-state index contributed by atoms with van der Waals surface area (Å²) in [6.07, 6.45) is 9.63. The molecule has 2 fully saturated rings. The molecule has 3 rings (SSSR count). The first-order chi connectivity index (χ1) is 10.6. The van der Waals surface area contributed by atoms with Crippen LogP contribution in [0.15, 0.2) is 12.3 Å². The van der Waals surface area contributed by atoms with E-state index in [1.54, 1.807) is 0 Å². The first-order valence-corrected chi connectivity index (χ1v) is 8.63. The molecule has 0 radical (unpaired) electrons. The fourth-order valence-corrected chi connectivity index (χ4v) is 3.39. The summed E-state index contributed by atoms with van der Waals surface area (Å²) in [4.78, 5) is 14.4. The molecular formula is C17H27N3O2. The number of ether oxygens (including phenoxy) is 1. The minimum Gasteiger partial charge on any atom is -0.375 e. The number of likely N-dealkylation sites (tertiary alicyclic amines) is 1. The largest absolute Gasteiger partial charge is 0.375 e. The predicted molar refractivity (Wildman–Crippen MR) is 84.9 cm³/mol. The molecule has 2 heterocycles. The summed E-state index contributed by atoms with van der Waals surface area (Å²) in [6.45, 7) is 5.69. The van der Waals surface area contributed by atoms with Crippen LogP contribution in [0, 0.1) is 0 Å². The van der Waals surface area contributed by atoms with Crippen LogP contribution < -0.4 is 0 Å². The van der Waals surface area contributed by atoms with Crippen LogP contribution >= 0.6 is 0 Å². The molecule has 5 nitrogen and oxygen atoms in total. The number of piperidine rings is 1. The lowest BCUT2D eigenvalue weighted by Gasteiger charge is -2.33. The van der Waals surface area contributed by atoms with Crippen LogP contribution in [0.1, 0.15) is 68.9 Å². The predicted octanol–water partition coefficient (Wildman–Crippen LogP) is 3.03. The van der Waals surface area contributed by atoms with Gasteiger partial charge in [-0.15, -0.1) is 0 Å². The molecule has 0 bridgehead atoms. The molecule has 0 N–H and O–H groups in total. The van der Waals surface area contributed by atoms with Crippen LogP contribution in [-0.2, 0) is 4.74 Å². The Kier molecular flexibility index (Phi) is 4.81. The van der Waals surface area contributed by atoms with E-state index < -0.39 is 0 Å². The van der Waals surface area contributed by atoms with E-state index in [0.717, 1.165) is 25.9 Å². The van der Waals surface area contributed by atoms with Gasteiger partial charge in [0.15, 0.2) is 0 Å². The van der Waals surface area contributed by atoms with Gasteiger partial charge in [0.05, 0.1) is 12.2 Å². The van der Waals surface area contributed by atoms with Crippen molar-refractivity contribution in [1.82, 2.24) is 14.7 Å². The summed E-state index contributed by atoms with van der Waals surface area (Å²) < 4.78 is 8.00. The van der Waals surface area contributed by atoms with Crippen molar-refractivity contribution in [3.63, 3.8) is 0 Å². The van der Waals surface area contributed by atoms with Crippen molar-refractivity contribution in [2.75, 3.05) is 13.1 Å². The molecule has 1 amide bonds. The Morgan fingerprint density at radius 2 is 1.82 bits per heavy atom. The Morgan fingerprint density at radius 1 is 1.18 bits per heavy atom. The average Bonchev–Trinajstić information content (AvgIpc) is 3.18. The molecule has 1 saturated heterocycles. The van der Waals surface area contributed by atoms with Crippen molar-refractivity contribution in [3.8, 4) is 0 Å². The Bertz CT molecular complexity index is 498. The zero-order valence-corrected chi connectivity index (χ0v) is 13.7. The van der Waals surface area contributed by atoms with E-state index in [0.29, 0.717) is 17.9 Å². The molecule has 5 heteroatoms. The second kappa shape index (κ2) is 6.82. The van der Waals surface area contributed by atoms with Crippen LogP contribution in [0.5, 0.6) is 0 Å².